The Hall–Kier alpha value is -3.23. The third-order valence-electron chi connectivity index (χ3n) is 6.65. The Bertz CT molecular complexity index is 1170. The van der Waals surface area contributed by atoms with E-state index in [-0.39, 0.29) is 41.8 Å². The Morgan fingerprint density at radius 2 is 1.94 bits per heavy atom. The molecule has 1 spiro atoms. The van der Waals surface area contributed by atoms with Crippen LogP contribution in [0.3, 0.4) is 0 Å². The highest BCUT2D eigenvalue weighted by atomic mass is 16.2. The maximum atomic E-state index is 13.3. The first kappa shape index (κ1) is 22.9. The normalized spacial score (nSPS) is 24.4. The van der Waals surface area contributed by atoms with Crippen molar-refractivity contribution in [3.05, 3.63) is 40.4 Å². The van der Waals surface area contributed by atoms with Crippen molar-refractivity contribution < 1.29 is 14.4 Å². The second kappa shape index (κ2) is 8.28. The summed E-state index contributed by atoms with van der Waals surface area (Å²) in [4.78, 5) is 61.2. The lowest BCUT2D eigenvalue weighted by molar-refractivity contribution is -0.141. The molecule has 1 aliphatic heterocycles. The number of urea groups is 1. The molecule has 2 heterocycles. The van der Waals surface area contributed by atoms with Crippen LogP contribution >= 0.6 is 0 Å². The second-order valence-corrected chi connectivity index (χ2v) is 10.2. The first-order valence-electron chi connectivity index (χ1n) is 11.4. The molecular weight excluding hydrogens is 422 g/mol. The number of benzene rings is 1. The number of aromatic amines is 1. The van der Waals surface area contributed by atoms with E-state index in [0.29, 0.717) is 36.1 Å². The number of carbonyl (C=O) groups is 3. The van der Waals surface area contributed by atoms with E-state index in [1.54, 1.807) is 31.2 Å². The van der Waals surface area contributed by atoms with Crippen molar-refractivity contribution >= 4 is 28.7 Å². The number of amides is 4. The molecule has 4 rings (SSSR count). The van der Waals surface area contributed by atoms with E-state index in [1.807, 2.05) is 0 Å². The molecule has 9 nitrogen and oxygen atoms in total. The van der Waals surface area contributed by atoms with Gasteiger partial charge in [0.05, 0.1) is 17.4 Å². The van der Waals surface area contributed by atoms with E-state index in [2.05, 4.69) is 36.1 Å². The summed E-state index contributed by atoms with van der Waals surface area (Å²) in [7, 11) is 0. The van der Waals surface area contributed by atoms with Gasteiger partial charge < -0.3 is 15.2 Å². The minimum absolute atomic E-state index is 0.0776. The van der Waals surface area contributed by atoms with Crippen LogP contribution < -0.4 is 10.9 Å². The van der Waals surface area contributed by atoms with Gasteiger partial charge in [0.1, 0.15) is 17.9 Å². The fourth-order valence-corrected chi connectivity index (χ4v) is 5.65. The molecule has 1 saturated carbocycles. The number of carbonyl (C=O) groups excluding carboxylic acids is 3. The molecule has 1 aromatic heterocycles. The molecule has 1 aliphatic carbocycles. The van der Waals surface area contributed by atoms with Crippen molar-refractivity contribution in [3.8, 4) is 0 Å². The predicted molar refractivity (Wildman–Crippen MR) is 123 cm³/mol. The molecule has 4 amide bonds. The molecule has 2 aliphatic rings. The third kappa shape index (κ3) is 4.36. The lowest BCUT2D eigenvalue weighted by Gasteiger charge is -2.43. The lowest BCUT2D eigenvalue weighted by atomic mass is 9.64. The quantitative estimate of drug-likeness (QED) is 0.675. The zero-order valence-electron chi connectivity index (χ0n) is 19.6. The van der Waals surface area contributed by atoms with E-state index >= 15 is 0 Å². The number of hydrogen-bond donors (Lipinski definition) is 2. The van der Waals surface area contributed by atoms with Gasteiger partial charge in [-0.2, -0.15) is 0 Å². The Morgan fingerprint density at radius 1 is 1.21 bits per heavy atom. The van der Waals surface area contributed by atoms with Crippen molar-refractivity contribution in [1.29, 1.82) is 0 Å². The van der Waals surface area contributed by atoms with Crippen LogP contribution in [0.1, 0.15) is 52.8 Å². The summed E-state index contributed by atoms with van der Waals surface area (Å²) in [6.45, 7) is 8.18. The number of imide groups is 1. The van der Waals surface area contributed by atoms with Crippen molar-refractivity contribution in [2.24, 2.45) is 11.3 Å². The highest BCUT2D eigenvalue weighted by Gasteiger charge is 2.56. The number of likely N-dealkylation sites (N-methyl/N-ethyl adjacent to an activating group) is 1. The van der Waals surface area contributed by atoms with Gasteiger partial charge in [-0.1, -0.05) is 32.9 Å². The maximum absolute atomic E-state index is 13.3. The molecule has 0 bridgehead atoms. The fraction of sp³-hybridized carbons (Fsp3) is 0.542. The van der Waals surface area contributed by atoms with Gasteiger partial charge in [-0.15, -0.1) is 0 Å². The first-order valence-corrected chi connectivity index (χ1v) is 11.4. The summed E-state index contributed by atoms with van der Waals surface area (Å²) in [5.41, 5.74) is -0.751. The van der Waals surface area contributed by atoms with Gasteiger partial charge in [0.25, 0.3) is 11.5 Å². The Morgan fingerprint density at radius 3 is 2.64 bits per heavy atom. The number of H-pyrrole nitrogens is 1. The van der Waals surface area contributed by atoms with Crippen LogP contribution in [0.2, 0.25) is 0 Å². The summed E-state index contributed by atoms with van der Waals surface area (Å²) >= 11 is 0. The Kier molecular flexibility index (Phi) is 5.76. The molecule has 2 aromatic rings. The van der Waals surface area contributed by atoms with Crippen molar-refractivity contribution in [2.75, 3.05) is 13.1 Å². The van der Waals surface area contributed by atoms with Crippen molar-refractivity contribution in [1.82, 2.24) is 25.1 Å². The average molecular weight is 454 g/mol. The molecule has 1 aromatic carbocycles. The van der Waals surface area contributed by atoms with Crippen LogP contribution in [0, 0.1) is 11.3 Å². The van der Waals surface area contributed by atoms with Gasteiger partial charge in [0.2, 0.25) is 5.91 Å². The topological polar surface area (TPSA) is 115 Å². The third-order valence-corrected chi connectivity index (χ3v) is 6.65. The zero-order valence-corrected chi connectivity index (χ0v) is 19.6. The number of hydrogen-bond acceptors (Lipinski definition) is 5. The molecule has 1 saturated heterocycles. The fourth-order valence-electron chi connectivity index (χ4n) is 5.65. The zero-order chi connectivity index (χ0) is 24.0. The largest absolute Gasteiger partial charge is 0.334 e. The Labute approximate surface area is 192 Å². The average Bonchev–Trinajstić information content (AvgIpc) is 2.93. The summed E-state index contributed by atoms with van der Waals surface area (Å²) in [6.07, 6.45) is 2.11. The summed E-state index contributed by atoms with van der Waals surface area (Å²) in [6, 6.07) is 6.47. The molecule has 176 valence electrons. The molecule has 2 atom stereocenters. The molecule has 9 heteroatoms. The van der Waals surface area contributed by atoms with Gasteiger partial charge in [-0.05, 0) is 49.7 Å². The minimum atomic E-state index is -0.944. The van der Waals surface area contributed by atoms with E-state index in [4.69, 9.17) is 0 Å². The standard InChI is InChI=1S/C24H31N5O4/c1-5-28(12-18-25-17-9-7-6-8-16(17)20(31)26-18)19(30)13-29-21(32)24(27-22(29)33)11-15(2)10-23(3,4)14-24/h6-9,15H,5,10-14H2,1-4H3,(H,27,33)(H,25,26,31). The first-order chi connectivity index (χ1) is 15.5. The van der Waals surface area contributed by atoms with Gasteiger partial charge in [0, 0.05) is 6.54 Å². The predicted octanol–water partition coefficient (Wildman–Crippen LogP) is 2.41. The van der Waals surface area contributed by atoms with E-state index in [9.17, 15) is 19.2 Å². The molecule has 33 heavy (non-hydrogen) atoms. The van der Waals surface area contributed by atoms with Gasteiger partial charge in [-0.25, -0.2) is 9.78 Å². The second-order valence-electron chi connectivity index (χ2n) is 10.2. The lowest BCUT2D eigenvalue weighted by Crippen LogP contribution is -2.54. The Balaban J connectivity index is 1.50. The number of aromatic nitrogens is 2. The number of nitrogens with one attached hydrogen (secondary N) is 2. The van der Waals surface area contributed by atoms with E-state index in [1.165, 1.54) is 4.90 Å². The molecule has 0 radical (unpaired) electrons. The van der Waals surface area contributed by atoms with Gasteiger partial charge >= 0.3 is 6.03 Å². The number of para-hydroxylation sites is 1. The van der Waals surface area contributed by atoms with Crippen LogP contribution in [0.4, 0.5) is 4.79 Å². The SMILES string of the molecule is CCN(Cc1nc2ccccc2c(=O)[nH]1)C(=O)CN1C(=O)NC2(CC(C)CC(C)(C)C2)C1=O. The van der Waals surface area contributed by atoms with Gasteiger partial charge in [0.15, 0.2) is 0 Å². The minimum Gasteiger partial charge on any atom is -0.334 e. The molecular formula is C24H31N5O4. The van der Waals surface area contributed by atoms with Crippen LogP contribution in [0.15, 0.2) is 29.1 Å². The van der Waals surface area contributed by atoms with Crippen molar-refractivity contribution in [3.63, 3.8) is 0 Å². The molecule has 2 unspecified atom stereocenters. The number of nitrogens with zero attached hydrogens (tertiary/aromatic N) is 3. The summed E-state index contributed by atoms with van der Waals surface area (Å²) in [5.74, 6) is -0.0623. The monoisotopic (exact) mass is 453 g/mol. The van der Waals surface area contributed by atoms with Crippen LogP contribution in [-0.2, 0) is 16.1 Å². The number of rotatable bonds is 5. The molecule has 2 N–H and O–H groups in total. The highest BCUT2D eigenvalue weighted by Crippen LogP contribution is 2.46. The smallest absolute Gasteiger partial charge is 0.325 e. The summed E-state index contributed by atoms with van der Waals surface area (Å²) in [5, 5.41) is 3.38. The van der Waals surface area contributed by atoms with Crippen LogP contribution in [-0.4, -0.2) is 56.2 Å². The van der Waals surface area contributed by atoms with Crippen LogP contribution in [0.5, 0.6) is 0 Å². The van der Waals surface area contributed by atoms with Crippen LogP contribution in [0.25, 0.3) is 10.9 Å². The molecule has 2 fully saturated rings. The van der Waals surface area contributed by atoms with E-state index in [0.717, 1.165) is 11.3 Å². The maximum Gasteiger partial charge on any atom is 0.325 e. The number of fused-ring (bicyclic) bond motifs is 1. The van der Waals surface area contributed by atoms with E-state index < -0.39 is 11.6 Å². The van der Waals surface area contributed by atoms with Gasteiger partial charge in [-0.3, -0.25) is 19.3 Å². The summed E-state index contributed by atoms with van der Waals surface area (Å²) < 4.78 is 0. The van der Waals surface area contributed by atoms with Crippen molar-refractivity contribution in [2.45, 2.75) is 59.0 Å². The highest BCUT2D eigenvalue weighted by molar-refractivity contribution is 6.09.